The van der Waals surface area contributed by atoms with Crippen LogP contribution in [0.2, 0.25) is 0 Å². The van der Waals surface area contributed by atoms with E-state index < -0.39 is 10.0 Å². The largest absolute Gasteiger partial charge is 0.381 e. The molecule has 0 bridgehead atoms. The average molecular weight is 232 g/mol. The van der Waals surface area contributed by atoms with E-state index in [0.29, 0.717) is 19.0 Å². The van der Waals surface area contributed by atoms with Crippen LogP contribution < -0.4 is 5.14 Å². The summed E-state index contributed by atoms with van der Waals surface area (Å²) in [6.45, 7) is 1.33. The molecule has 0 saturated carbocycles. The highest BCUT2D eigenvalue weighted by molar-refractivity contribution is 7.89. The first-order chi connectivity index (χ1) is 7.07. The van der Waals surface area contributed by atoms with Crippen molar-refractivity contribution in [2.24, 2.45) is 5.14 Å². The van der Waals surface area contributed by atoms with Gasteiger partial charge >= 0.3 is 0 Å². The van der Waals surface area contributed by atoms with Gasteiger partial charge in [-0.25, -0.2) is 18.5 Å². The molecule has 3 N–H and O–H groups in total. The molecule has 0 spiro atoms. The predicted molar refractivity (Wildman–Crippen MR) is 50.5 cm³/mol. The van der Waals surface area contributed by atoms with E-state index in [9.17, 15) is 8.42 Å². The Morgan fingerprint density at radius 2 is 2.07 bits per heavy atom. The number of ether oxygens (including phenoxy) is 1. The Bertz CT molecular complexity index is 435. The zero-order chi connectivity index (χ0) is 10.9. The molecule has 7 nitrogen and oxygen atoms in total. The Kier molecular flexibility index (Phi) is 2.72. The zero-order valence-corrected chi connectivity index (χ0v) is 8.83. The van der Waals surface area contributed by atoms with Gasteiger partial charge in [-0.1, -0.05) is 0 Å². The molecule has 0 unspecified atom stereocenters. The molecule has 84 valence electrons. The number of nitrogens with two attached hydrogens (primary N) is 1. The Morgan fingerprint density at radius 3 is 2.60 bits per heavy atom. The van der Waals surface area contributed by atoms with Crippen molar-refractivity contribution < 1.29 is 13.2 Å². The maximum Gasteiger partial charge on any atom is 0.282 e. The van der Waals surface area contributed by atoms with E-state index >= 15 is 0 Å². The minimum atomic E-state index is -3.81. The van der Waals surface area contributed by atoms with Crippen molar-refractivity contribution in [3.63, 3.8) is 0 Å². The fourth-order valence-corrected chi connectivity index (χ4v) is 1.94. The van der Waals surface area contributed by atoms with Gasteiger partial charge in [-0.2, -0.15) is 0 Å². The van der Waals surface area contributed by atoms with Crippen LogP contribution in [0.25, 0.3) is 0 Å². The first-order valence-corrected chi connectivity index (χ1v) is 6.15. The smallest absolute Gasteiger partial charge is 0.282 e. The van der Waals surface area contributed by atoms with Crippen LogP contribution in [0.1, 0.15) is 24.6 Å². The van der Waals surface area contributed by atoms with Gasteiger partial charge in [0.25, 0.3) is 15.2 Å². The molecule has 2 rings (SSSR count). The summed E-state index contributed by atoms with van der Waals surface area (Å²) in [5.74, 6) is 0.754. The summed E-state index contributed by atoms with van der Waals surface area (Å²) in [6, 6.07) is 0. The molecule has 0 aliphatic carbocycles. The van der Waals surface area contributed by atoms with E-state index in [1.807, 2.05) is 0 Å². The normalized spacial score (nSPS) is 19.3. The summed E-state index contributed by atoms with van der Waals surface area (Å²) in [5, 5.41) is 10.7. The number of aromatic amines is 1. The van der Waals surface area contributed by atoms with Gasteiger partial charge < -0.3 is 4.74 Å². The number of nitrogens with zero attached hydrogens (tertiary/aromatic N) is 2. The van der Waals surface area contributed by atoms with Crippen LogP contribution in [-0.4, -0.2) is 36.8 Å². The van der Waals surface area contributed by atoms with Crippen molar-refractivity contribution in [1.29, 1.82) is 0 Å². The van der Waals surface area contributed by atoms with Crippen molar-refractivity contribution in [2.75, 3.05) is 13.2 Å². The Morgan fingerprint density at radius 1 is 1.40 bits per heavy atom. The summed E-state index contributed by atoms with van der Waals surface area (Å²) in [4.78, 5) is 3.87. The molecule has 1 saturated heterocycles. The Hall–Kier alpha value is -0.990. The van der Waals surface area contributed by atoms with Gasteiger partial charge in [0.1, 0.15) is 5.82 Å². The fourth-order valence-electron chi connectivity index (χ4n) is 1.54. The van der Waals surface area contributed by atoms with Crippen molar-refractivity contribution in [1.82, 2.24) is 15.2 Å². The third-order valence-electron chi connectivity index (χ3n) is 2.34. The van der Waals surface area contributed by atoms with Gasteiger partial charge in [-0.3, -0.25) is 5.10 Å². The monoisotopic (exact) mass is 232 g/mol. The van der Waals surface area contributed by atoms with Gasteiger partial charge in [-0.05, 0) is 12.8 Å². The summed E-state index contributed by atoms with van der Waals surface area (Å²) in [6.07, 6.45) is 1.64. The molecule has 0 atom stereocenters. The minimum Gasteiger partial charge on any atom is -0.381 e. The highest BCUT2D eigenvalue weighted by Gasteiger charge is 2.22. The van der Waals surface area contributed by atoms with Crippen LogP contribution in [0.5, 0.6) is 0 Å². The van der Waals surface area contributed by atoms with E-state index in [1.54, 1.807) is 0 Å². The molecule has 2 heterocycles. The number of sulfonamides is 1. The van der Waals surface area contributed by atoms with Crippen molar-refractivity contribution in [2.45, 2.75) is 23.9 Å². The van der Waals surface area contributed by atoms with Crippen LogP contribution >= 0.6 is 0 Å². The number of rotatable bonds is 2. The molecule has 0 amide bonds. The van der Waals surface area contributed by atoms with Crippen molar-refractivity contribution in [3.8, 4) is 0 Å². The first kappa shape index (κ1) is 10.5. The van der Waals surface area contributed by atoms with E-state index in [2.05, 4.69) is 15.2 Å². The average Bonchev–Trinajstić information content (AvgIpc) is 2.67. The molecule has 0 aromatic carbocycles. The molecule has 8 heteroatoms. The lowest BCUT2D eigenvalue weighted by molar-refractivity contribution is 0.0836. The van der Waals surface area contributed by atoms with Gasteiger partial charge in [0.05, 0.1) is 0 Å². The highest BCUT2D eigenvalue weighted by Crippen LogP contribution is 2.23. The summed E-state index contributed by atoms with van der Waals surface area (Å²) >= 11 is 0. The fraction of sp³-hybridized carbons (Fsp3) is 0.714. The lowest BCUT2D eigenvalue weighted by atomic mass is 10.00. The lowest BCUT2D eigenvalue weighted by Gasteiger charge is -2.19. The minimum absolute atomic E-state index is 0.182. The molecule has 15 heavy (non-hydrogen) atoms. The molecule has 1 aliphatic heterocycles. The van der Waals surface area contributed by atoms with E-state index in [-0.39, 0.29) is 11.1 Å². The van der Waals surface area contributed by atoms with Crippen molar-refractivity contribution >= 4 is 10.0 Å². The molecular weight excluding hydrogens is 220 g/mol. The van der Waals surface area contributed by atoms with E-state index in [1.165, 1.54) is 0 Å². The van der Waals surface area contributed by atoms with Gasteiger partial charge in [0.2, 0.25) is 0 Å². The van der Waals surface area contributed by atoms with Gasteiger partial charge in [0, 0.05) is 19.1 Å². The molecule has 1 fully saturated rings. The quantitative estimate of drug-likeness (QED) is 0.703. The van der Waals surface area contributed by atoms with E-state index in [0.717, 1.165) is 12.8 Å². The molecule has 1 aliphatic rings. The van der Waals surface area contributed by atoms with Crippen LogP contribution in [0.15, 0.2) is 5.16 Å². The van der Waals surface area contributed by atoms with E-state index in [4.69, 9.17) is 9.88 Å². The number of hydrogen-bond acceptors (Lipinski definition) is 5. The second kappa shape index (κ2) is 3.87. The van der Waals surface area contributed by atoms with Gasteiger partial charge in [0.15, 0.2) is 0 Å². The van der Waals surface area contributed by atoms with Crippen LogP contribution in [0, 0.1) is 0 Å². The maximum atomic E-state index is 10.9. The predicted octanol–water partition coefficient (Wildman–Crippen LogP) is -0.654. The molecule has 1 aromatic heterocycles. The number of hydrogen-bond donors (Lipinski definition) is 2. The zero-order valence-electron chi connectivity index (χ0n) is 8.01. The molecule has 0 radical (unpaired) electrons. The lowest BCUT2D eigenvalue weighted by Crippen LogP contribution is -2.16. The summed E-state index contributed by atoms with van der Waals surface area (Å²) in [7, 11) is -3.81. The molecular formula is C7H12N4O3S. The summed E-state index contributed by atoms with van der Waals surface area (Å²) < 4.78 is 27.1. The van der Waals surface area contributed by atoms with Crippen LogP contribution in [-0.2, 0) is 14.8 Å². The third kappa shape index (κ3) is 2.33. The number of nitrogens with one attached hydrogen (secondary N) is 1. The molecule has 1 aromatic rings. The topological polar surface area (TPSA) is 111 Å². The third-order valence-corrected chi connectivity index (χ3v) is 3.04. The number of primary sulfonamides is 1. The van der Waals surface area contributed by atoms with Gasteiger partial charge in [-0.15, -0.1) is 5.10 Å². The van der Waals surface area contributed by atoms with Crippen LogP contribution in [0.4, 0.5) is 0 Å². The Labute approximate surface area is 87.1 Å². The number of H-pyrrole nitrogens is 1. The Balaban J connectivity index is 2.19. The van der Waals surface area contributed by atoms with Crippen molar-refractivity contribution in [3.05, 3.63) is 5.82 Å². The van der Waals surface area contributed by atoms with Crippen LogP contribution in [0.3, 0.4) is 0 Å². The maximum absolute atomic E-state index is 10.9. The highest BCUT2D eigenvalue weighted by atomic mass is 32.2. The second-order valence-electron chi connectivity index (χ2n) is 3.43. The standard InChI is InChI=1S/C7H12N4O3S/c8-15(12,13)7-9-6(10-11-7)5-1-3-14-4-2-5/h5H,1-4H2,(H2,8,12,13)(H,9,10,11). The first-order valence-electron chi connectivity index (χ1n) is 4.60. The second-order valence-corrected chi connectivity index (χ2v) is 4.89. The summed E-state index contributed by atoms with van der Waals surface area (Å²) in [5.41, 5.74) is 0. The SMILES string of the molecule is NS(=O)(=O)c1n[nH]c(C2CCOCC2)n1. The number of aromatic nitrogens is 3.